The summed E-state index contributed by atoms with van der Waals surface area (Å²) in [6.07, 6.45) is 6.27. The summed E-state index contributed by atoms with van der Waals surface area (Å²) in [4.78, 5) is 21.4. The van der Waals surface area contributed by atoms with Gasteiger partial charge in [0.1, 0.15) is 5.82 Å². The number of hydrogen-bond donors (Lipinski definition) is 2. The fourth-order valence-corrected chi connectivity index (χ4v) is 3.98. The molecule has 1 amide bonds. The van der Waals surface area contributed by atoms with E-state index in [4.69, 9.17) is 0 Å². The number of nitrogens with one attached hydrogen (secondary N) is 2. The molecule has 7 heteroatoms. The minimum Gasteiger partial charge on any atom is -0.356 e. The van der Waals surface area contributed by atoms with Gasteiger partial charge in [0, 0.05) is 50.3 Å². The molecule has 2 aromatic rings. The molecule has 3 heterocycles. The Labute approximate surface area is 160 Å². The van der Waals surface area contributed by atoms with E-state index in [2.05, 4.69) is 43.4 Å². The zero-order chi connectivity index (χ0) is 18.6. The lowest BCUT2D eigenvalue weighted by molar-refractivity contribution is -0.121. The Morgan fingerprint density at radius 2 is 2.19 bits per heavy atom. The monoisotopic (exact) mass is 368 g/mol. The van der Waals surface area contributed by atoms with Gasteiger partial charge in [-0.1, -0.05) is 0 Å². The van der Waals surface area contributed by atoms with Crippen LogP contribution in [0, 0.1) is 6.92 Å². The van der Waals surface area contributed by atoms with Crippen LogP contribution in [0.5, 0.6) is 0 Å². The highest BCUT2D eigenvalue weighted by atomic mass is 16.1. The molecule has 0 aromatic carbocycles. The lowest BCUT2D eigenvalue weighted by Crippen LogP contribution is -2.26. The number of rotatable bonds is 6. The second-order valence-corrected chi connectivity index (χ2v) is 7.48. The Balaban J connectivity index is 1.23. The standard InChI is InChI=1S/C20H28N6O/c1-14-17-4-2-5-18(17)24-19(23-14)8-10-22-20(27)7-6-15-12-16-13-21-9-3-11-26(16)25-15/h12,21H,2-11,13H2,1H3,(H,22,27). The number of fused-ring (bicyclic) bond motifs is 2. The van der Waals surface area contributed by atoms with Crippen molar-refractivity contribution in [2.75, 3.05) is 13.1 Å². The maximum atomic E-state index is 12.2. The molecule has 0 saturated heterocycles. The molecule has 7 nitrogen and oxygen atoms in total. The molecule has 144 valence electrons. The molecule has 0 atom stereocenters. The van der Waals surface area contributed by atoms with Gasteiger partial charge in [0.15, 0.2) is 0 Å². The Bertz CT molecular complexity index is 805. The van der Waals surface area contributed by atoms with Crippen molar-refractivity contribution < 1.29 is 4.79 Å². The Kier molecular flexibility index (Phi) is 5.48. The van der Waals surface area contributed by atoms with Crippen molar-refractivity contribution in [3.63, 3.8) is 0 Å². The molecule has 0 unspecified atom stereocenters. The highest BCUT2D eigenvalue weighted by molar-refractivity contribution is 5.76. The van der Waals surface area contributed by atoms with Crippen molar-refractivity contribution in [1.82, 2.24) is 30.4 Å². The van der Waals surface area contributed by atoms with Crippen molar-refractivity contribution in [2.24, 2.45) is 0 Å². The third-order valence-electron chi connectivity index (χ3n) is 5.41. The van der Waals surface area contributed by atoms with Crippen LogP contribution in [0.1, 0.15) is 53.4 Å². The number of aromatic nitrogens is 4. The summed E-state index contributed by atoms with van der Waals surface area (Å²) in [5, 5.41) is 11.0. The van der Waals surface area contributed by atoms with E-state index >= 15 is 0 Å². The summed E-state index contributed by atoms with van der Waals surface area (Å²) in [5.74, 6) is 0.910. The van der Waals surface area contributed by atoms with E-state index in [0.717, 1.165) is 56.1 Å². The second-order valence-electron chi connectivity index (χ2n) is 7.48. The lowest BCUT2D eigenvalue weighted by Gasteiger charge is -2.08. The van der Waals surface area contributed by atoms with Crippen LogP contribution in [-0.2, 0) is 43.6 Å². The van der Waals surface area contributed by atoms with Gasteiger partial charge in [-0.15, -0.1) is 0 Å². The van der Waals surface area contributed by atoms with Crippen molar-refractivity contribution in [3.8, 4) is 0 Å². The molecule has 0 bridgehead atoms. The van der Waals surface area contributed by atoms with Crippen LogP contribution in [0.4, 0.5) is 0 Å². The van der Waals surface area contributed by atoms with Crippen LogP contribution < -0.4 is 10.6 Å². The normalized spacial score (nSPS) is 15.9. The van der Waals surface area contributed by atoms with E-state index in [1.54, 1.807) is 0 Å². The van der Waals surface area contributed by atoms with Crippen LogP contribution in [0.2, 0.25) is 0 Å². The number of aryl methyl sites for hydroxylation is 4. The molecule has 0 saturated carbocycles. The lowest BCUT2D eigenvalue weighted by atomic mass is 10.2. The van der Waals surface area contributed by atoms with Gasteiger partial charge in [0.05, 0.1) is 11.4 Å². The molecule has 4 rings (SSSR count). The largest absolute Gasteiger partial charge is 0.356 e. The first-order valence-electron chi connectivity index (χ1n) is 10.1. The summed E-state index contributed by atoms with van der Waals surface area (Å²) >= 11 is 0. The van der Waals surface area contributed by atoms with E-state index in [1.807, 2.05) is 0 Å². The topological polar surface area (TPSA) is 84.7 Å². The number of carbonyl (C=O) groups excluding carboxylic acids is 1. The second kappa shape index (κ2) is 8.17. The van der Waals surface area contributed by atoms with Crippen molar-refractivity contribution in [3.05, 3.63) is 40.2 Å². The first kappa shape index (κ1) is 18.1. The van der Waals surface area contributed by atoms with E-state index in [0.29, 0.717) is 25.8 Å². The van der Waals surface area contributed by atoms with Gasteiger partial charge in [0.2, 0.25) is 5.91 Å². The third-order valence-corrected chi connectivity index (χ3v) is 5.41. The van der Waals surface area contributed by atoms with Gasteiger partial charge in [-0.05, 0) is 50.8 Å². The zero-order valence-corrected chi connectivity index (χ0v) is 16.1. The van der Waals surface area contributed by atoms with Gasteiger partial charge in [-0.2, -0.15) is 5.10 Å². The van der Waals surface area contributed by atoms with E-state index in [-0.39, 0.29) is 5.91 Å². The van der Waals surface area contributed by atoms with Gasteiger partial charge in [-0.3, -0.25) is 9.48 Å². The molecule has 2 aromatic heterocycles. The summed E-state index contributed by atoms with van der Waals surface area (Å²) in [7, 11) is 0. The third kappa shape index (κ3) is 4.35. The minimum atomic E-state index is 0.0641. The van der Waals surface area contributed by atoms with Gasteiger partial charge in [0.25, 0.3) is 0 Å². The highest BCUT2D eigenvalue weighted by Crippen LogP contribution is 2.22. The average molecular weight is 368 g/mol. The van der Waals surface area contributed by atoms with E-state index in [1.165, 1.54) is 23.4 Å². The fraction of sp³-hybridized carbons (Fsp3) is 0.600. The quantitative estimate of drug-likeness (QED) is 0.802. The summed E-state index contributed by atoms with van der Waals surface area (Å²) in [6.45, 7) is 5.50. The molecule has 0 radical (unpaired) electrons. The van der Waals surface area contributed by atoms with Crippen LogP contribution in [0.15, 0.2) is 6.07 Å². The maximum absolute atomic E-state index is 12.2. The number of carbonyl (C=O) groups is 1. The number of amides is 1. The first-order valence-corrected chi connectivity index (χ1v) is 10.1. The van der Waals surface area contributed by atoms with Crippen LogP contribution >= 0.6 is 0 Å². The van der Waals surface area contributed by atoms with Crippen LogP contribution in [-0.4, -0.2) is 38.7 Å². The maximum Gasteiger partial charge on any atom is 0.220 e. The SMILES string of the molecule is Cc1nc(CCNC(=O)CCc2cc3n(n2)CCCNC3)nc2c1CCC2. The molecule has 0 fully saturated rings. The number of nitrogens with zero attached hydrogens (tertiary/aromatic N) is 4. The molecule has 1 aliphatic heterocycles. The zero-order valence-electron chi connectivity index (χ0n) is 16.1. The minimum absolute atomic E-state index is 0.0641. The predicted molar refractivity (Wildman–Crippen MR) is 102 cm³/mol. The van der Waals surface area contributed by atoms with Crippen LogP contribution in [0.25, 0.3) is 0 Å². The molecular weight excluding hydrogens is 340 g/mol. The molecule has 2 N–H and O–H groups in total. The molecule has 27 heavy (non-hydrogen) atoms. The Hall–Kier alpha value is -2.28. The molecule has 1 aliphatic carbocycles. The molecular formula is C20H28N6O. The molecule has 2 aliphatic rings. The van der Waals surface area contributed by atoms with Crippen LogP contribution in [0.3, 0.4) is 0 Å². The van der Waals surface area contributed by atoms with Crippen molar-refractivity contribution in [2.45, 2.75) is 65.0 Å². The predicted octanol–water partition coefficient (Wildman–Crippen LogP) is 1.26. The Morgan fingerprint density at radius 3 is 3.11 bits per heavy atom. The Morgan fingerprint density at radius 1 is 1.26 bits per heavy atom. The van der Waals surface area contributed by atoms with E-state index < -0.39 is 0 Å². The fourth-order valence-electron chi connectivity index (χ4n) is 3.98. The van der Waals surface area contributed by atoms with E-state index in [9.17, 15) is 4.79 Å². The van der Waals surface area contributed by atoms with Gasteiger partial charge in [-0.25, -0.2) is 9.97 Å². The molecule has 0 spiro atoms. The summed E-state index contributed by atoms with van der Waals surface area (Å²) < 4.78 is 2.07. The van der Waals surface area contributed by atoms with Crippen molar-refractivity contribution >= 4 is 5.91 Å². The summed E-state index contributed by atoms with van der Waals surface area (Å²) in [6, 6.07) is 2.12. The highest BCUT2D eigenvalue weighted by Gasteiger charge is 2.17. The smallest absolute Gasteiger partial charge is 0.220 e. The average Bonchev–Trinajstić information content (AvgIpc) is 3.22. The van der Waals surface area contributed by atoms with Crippen molar-refractivity contribution in [1.29, 1.82) is 0 Å². The first-order chi connectivity index (χ1) is 13.2. The number of hydrogen-bond acceptors (Lipinski definition) is 5. The van der Waals surface area contributed by atoms with Gasteiger partial charge < -0.3 is 10.6 Å². The van der Waals surface area contributed by atoms with Gasteiger partial charge >= 0.3 is 0 Å². The summed E-state index contributed by atoms with van der Waals surface area (Å²) in [5.41, 5.74) is 5.86.